The van der Waals surface area contributed by atoms with Crippen molar-refractivity contribution in [3.8, 4) is 5.75 Å². The molecule has 0 radical (unpaired) electrons. The number of piperidine rings is 1. The van der Waals surface area contributed by atoms with E-state index in [0.29, 0.717) is 30.5 Å². The van der Waals surface area contributed by atoms with E-state index in [1.54, 1.807) is 37.6 Å². The number of imidazole rings is 1. The van der Waals surface area contributed by atoms with Crippen molar-refractivity contribution in [2.24, 2.45) is 0 Å². The Morgan fingerprint density at radius 2 is 1.97 bits per heavy atom. The number of fused-ring (bicyclic) bond motifs is 1. The molecular weight excluding hydrogens is 392 g/mol. The predicted octanol–water partition coefficient (Wildman–Crippen LogP) is 3.47. The van der Waals surface area contributed by atoms with Crippen LogP contribution in [-0.2, 0) is 16.1 Å². The Kier molecular flexibility index (Phi) is 5.97. The molecule has 4 rings (SSSR count). The van der Waals surface area contributed by atoms with Gasteiger partial charge in [-0.05, 0) is 49.2 Å². The third-order valence-electron chi connectivity index (χ3n) is 5.15. The number of ether oxygens (including phenoxy) is 2. The van der Waals surface area contributed by atoms with Crippen LogP contribution < -0.4 is 4.74 Å². The molecule has 152 valence electrons. The molecule has 0 N–H and O–H groups in total. The van der Waals surface area contributed by atoms with Crippen molar-refractivity contribution in [1.82, 2.24) is 19.4 Å². The summed E-state index contributed by atoms with van der Waals surface area (Å²) in [6.45, 7) is 1.81. The summed E-state index contributed by atoms with van der Waals surface area (Å²) in [5.74, 6) is 1.50. The molecule has 8 heteroatoms. The Morgan fingerprint density at radius 3 is 2.69 bits per heavy atom. The van der Waals surface area contributed by atoms with Crippen LogP contribution in [0.15, 0.2) is 42.6 Å². The molecular formula is C21H23ClN4O3. The fraction of sp³-hybridized carbons (Fsp3) is 0.381. The molecule has 0 aliphatic carbocycles. The number of carbonyl (C=O) groups is 1. The number of aromatic nitrogens is 3. The van der Waals surface area contributed by atoms with Gasteiger partial charge >= 0.3 is 0 Å². The molecule has 7 nitrogen and oxygen atoms in total. The molecule has 1 aromatic carbocycles. The minimum atomic E-state index is -0.0101. The number of hydrogen-bond acceptors (Lipinski definition) is 5. The number of likely N-dealkylation sites (tertiary alicyclic amines) is 1. The standard InChI is InChI=1S/C21H23ClN4O3/c1-28-13-19-24-18-3-2-10-23-21(18)26(19)16-8-11-25(12-9-16)20(27)14-29-17-6-4-15(22)5-7-17/h2-7,10,16H,8-9,11-14H2,1H3. The highest BCUT2D eigenvalue weighted by molar-refractivity contribution is 6.30. The van der Waals surface area contributed by atoms with Gasteiger partial charge in [-0.25, -0.2) is 9.97 Å². The highest BCUT2D eigenvalue weighted by atomic mass is 35.5. The summed E-state index contributed by atoms with van der Waals surface area (Å²) < 4.78 is 13.1. The van der Waals surface area contributed by atoms with Crippen LogP contribution in [0.25, 0.3) is 11.2 Å². The Hall–Kier alpha value is -2.64. The summed E-state index contributed by atoms with van der Waals surface area (Å²) >= 11 is 5.87. The topological polar surface area (TPSA) is 69.5 Å². The van der Waals surface area contributed by atoms with Gasteiger partial charge in [-0.2, -0.15) is 0 Å². The summed E-state index contributed by atoms with van der Waals surface area (Å²) in [4.78, 5) is 23.6. The van der Waals surface area contributed by atoms with E-state index >= 15 is 0 Å². The predicted molar refractivity (Wildman–Crippen MR) is 110 cm³/mol. The average Bonchev–Trinajstić information content (AvgIpc) is 3.11. The molecule has 1 aliphatic heterocycles. The molecule has 1 saturated heterocycles. The van der Waals surface area contributed by atoms with Gasteiger partial charge in [0.1, 0.15) is 23.7 Å². The molecule has 2 aromatic heterocycles. The van der Waals surface area contributed by atoms with E-state index < -0.39 is 0 Å². The Morgan fingerprint density at radius 1 is 1.21 bits per heavy atom. The van der Waals surface area contributed by atoms with Crippen LogP contribution in [0.4, 0.5) is 0 Å². The van der Waals surface area contributed by atoms with Crippen molar-refractivity contribution in [3.05, 3.63) is 53.4 Å². The molecule has 0 spiro atoms. The van der Waals surface area contributed by atoms with E-state index in [1.807, 2.05) is 17.0 Å². The van der Waals surface area contributed by atoms with Crippen molar-refractivity contribution in [2.75, 3.05) is 26.8 Å². The van der Waals surface area contributed by atoms with Gasteiger partial charge in [0.05, 0.1) is 0 Å². The van der Waals surface area contributed by atoms with Crippen molar-refractivity contribution in [3.63, 3.8) is 0 Å². The number of amides is 1. The minimum Gasteiger partial charge on any atom is -0.484 e. The van der Waals surface area contributed by atoms with Gasteiger partial charge in [0.25, 0.3) is 5.91 Å². The van der Waals surface area contributed by atoms with E-state index in [2.05, 4.69) is 14.5 Å². The normalized spacial score (nSPS) is 15.0. The van der Waals surface area contributed by atoms with Gasteiger partial charge in [-0.3, -0.25) is 4.79 Å². The van der Waals surface area contributed by atoms with E-state index in [-0.39, 0.29) is 18.6 Å². The lowest BCUT2D eigenvalue weighted by Gasteiger charge is -2.33. The van der Waals surface area contributed by atoms with Gasteiger partial charge in [0, 0.05) is 37.5 Å². The fourth-order valence-electron chi connectivity index (χ4n) is 3.73. The van der Waals surface area contributed by atoms with Gasteiger partial charge in [-0.1, -0.05) is 11.6 Å². The lowest BCUT2D eigenvalue weighted by molar-refractivity contribution is -0.134. The third-order valence-corrected chi connectivity index (χ3v) is 5.41. The SMILES string of the molecule is COCc1nc2cccnc2n1C1CCN(C(=O)COc2ccc(Cl)cc2)CC1. The number of hydrogen-bond donors (Lipinski definition) is 0. The van der Waals surface area contributed by atoms with Crippen molar-refractivity contribution >= 4 is 28.7 Å². The van der Waals surface area contributed by atoms with Gasteiger partial charge in [0.2, 0.25) is 0 Å². The molecule has 0 unspecified atom stereocenters. The molecule has 0 atom stereocenters. The van der Waals surface area contributed by atoms with Gasteiger partial charge in [-0.15, -0.1) is 0 Å². The monoisotopic (exact) mass is 414 g/mol. The lowest BCUT2D eigenvalue weighted by atomic mass is 10.0. The van der Waals surface area contributed by atoms with Crippen molar-refractivity contribution in [2.45, 2.75) is 25.5 Å². The number of carbonyl (C=O) groups excluding carboxylic acids is 1. The second-order valence-electron chi connectivity index (χ2n) is 7.03. The van der Waals surface area contributed by atoms with Gasteiger partial charge in [0.15, 0.2) is 12.3 Å². The summed E-state index contributed by atoms with van der Waals surface area (Å²) in [7, 11) is 1.67. The second-order valence-corrected chi connectivity index (χ2v) is 7.47. The zero-order chi connectivity index (χ0) is 20.2. The first-order valence-electron chi connectivity index (χ1n) is 9.62. The first kappa shape index (κ1) is 19.7. The number of halogens is 1. The van der Waals surface area contributed by atoms with Crippen LogP contribution >= 0.6 is 11.6 Å². The lowest BCUT2D eigenvalue weighted by Crippen LogP contribution is -2.41. The van der Waals surface area contributed by atoms with E-state index in [0.717, 1.165) is 29.8 Å². The van der Waals surface area contributed by atoms with Crippen LogP contribution in [0.1, 0.15) is 24.7 Å². The van der Waals surface area contributed by atoms with Crippen LogP contribution in [0.3, 0.4) is 0 Å². The number of benzene rings is 1. The smallest absolute Gasteiger partial charge is 0.260 e. The quantitative estimate of drug-likeness (QED) is 0.617. The molecule has 0 bridgehead atoms. The maximum Gasteiger partial charge on any atom is 0.260 e. The molecule has 0 saturated carbocycles. The summed E-state index contributed by atoms with van der Waals surface area (Å²) in [5, 5.41) is 0.639. The van der Waals surface area contributed by atoms with E-state index in [4.69, 9.17) is 21.1 Å². The average molecular weight is 415 g/mol. The van der Waals surface area contributed by atoms with Crippen molar-refractivity contribution in [1.29, 1.82) is 0 Å². The maximum absolute atomic E-state index is 12.5. The molecule has 1 fully saturated rings. The highest BCUT2D eigenvalue weighted by Gasteiger charge is 2.27. The van der Waals surface area contributed by atoms with Crippen LogP contribution in [0, 0.1) is 0 Å². The Bertz CT molecular complexity index is 981. The number of pyridine rings is 1. The highest BCUT2D eigenvalue weighted by Crippen LogP contribution is 2.28. The van der Waals surface area contributed by atoms with Crippen LogP contribution in [0.5, 0.6) is 5.75 Å². The largest absolute Gasteiger partial charge is 0.484 e. The van der Waals surface area contributed by atoms with Crippen LogP contribution in [0.2, 0.25) is 5.02 Å². The third kappa shape index (κ3) is 4.36. The minimum absolute atomic E-state index is 0.0101. The van der Waals surface area contributed by atoms with Gasteiger partial charge < -0.3 is 18.9 Å². The number of methoxy groups -OCH3 is 1. The van der Waals surface area contributed by atoms with E-state index in [1.165, 1.54) is 0 Å². The fourth-order valence-corrected chi connectivity index (χ4v) is 3.86. The zero-order valence-electron chi connectivity index (χ0n) is 16.3. The molecule has 29 heavy (non-hydrogen) atoms. The molecule has 1 aliphatic rings. The Balaban J connectivity index is 1.39. The Labute approximate surface area is 174 Å². The zero-order valence-corrected chi connectivity index (χ0v) is 17.0. The number of rotatable bonds is 6. The number of nitrogens with zero attached hydrogens (tertiary/aromatic N) is 4. The molecule has 3 aromatic rings. The summed E-state index contributed by atoms with van der Waals surface area (Å²) in [6, 6.07) is 11.1. The van der Waals surface area contributed by atoms with E-state index in [9.17, 15) is 4.79 Å². The maximum atomic E-state index is 12.5. The summed E-state index contributed by atoms with van der Waals surface area (Å²) in [6.07, 6.45) is 3.46. The summed E-state index contributed by atoms with van der Waals surface area (Å²) in [5.41, 5.74) is 1.74. The first-order chi connectivity index (χ1) is 14.2. The molecule has 3 heterocycles. The second kappa shape index (κ2) is 8.80. The van der Waals surface area contributed by atoms with Crippen molar-refractivity contribution < 1.29 is 14.3 Å². The first-order valence-corrected chi connectivity index (χ1v) is 10.0. The van der Waals surface area contributed by atoms with Crippen LogP contribution in [-0.4, -0.2) is 52.1 Å². The molecule has 1 amide bonds.